The second-order valence-corrected chi connectivity index (χ2v) is 7.29. The van der Waals surface area contributed by atoms with Crippen LogP contribution in [0.2, 0.25) is 0 Å². The highest BCUT2D eigenvalue weighted by atomic mass is 31.2. The van der Waals surface area contributed by atoms with E-state index in [9.17, 15) is 4.89 Å². The van der Waals surface area contributed by atoms with Crippen LogP contribution in [-0.2, 0) is 0 Å². The third-order valence-corrected chi connectivity index (χ3v) is 5.67. The lowest BCUT2D eigenvalue weighted by Gasteiger charge is -2.24. The van der Waals surface area contributed by atoms with E-state index in [2.05, 4.69) is 10.3 Å². The van der Waals surface area contributed by atoms with Gasteiger partial charge in [-0.15, -0.1) is 5.10 Å². The summed E-state index contributed by atoms with van der Waals surface area (Å²) in [5.41, 5.74) is 2.85. The van der Waals surface area contributed by atoms with Crippen molar-refractivity contribution in [3.63, 3.8) is 0 Å². The van der Waals surface area contributed by atoms with E-state index in [0.717, 1.165) is 11.1 Å². The summed E-state index contributed by atoms with van der Waals surface area (Å²) in [5, 5.41) is 8.09. The highest BCUT2D eigenvalue weighted by Gasteiger charge is 2.43. The molecule has 25 heavy (non-hydrogen) atoms. The van der Waals surface area contributed by atoms with Crippen molar-refractivity contribution in [1.82, 2.24) is 14.8 Å². The van der Waals surface area contributed by atoms with Crippen molar-refractivity contribution in [2.75, 3.05) is 0 Å². The fourth-order valence-corrected chi connectivity index (χ4v) is 4.50. The van der Waals surface area contributed by atoms with Crippen LogP contribution in [0.1, 0.15) is 0 Å². The minimum absolute atomic E-state index is 0.482. The Labute approximate surface area is 143 Å². The van der Waals surface area contributed by atoms with E-state index in [-0.39, 0.29) is 0 Å². The van der Waals surface area contributed by atoms with Gasteiger partial charge in [0.25, 0.3) is 0 Å². The van der Waals surface area contributed by atoms with Gasteiger partial charge in [0.1, 0.15) is 11.0 Å². The first kappa shape index (κ1) is 14.4. The predicted molar refractivity (Wildman–Crippen MR) is 93.0 cm³/mol. The van der Waals surface area contributed by atoms with E-state index >= 15 is 0 Å². The second kappa shape index (κ2) is 5.28. The molecule has 0 saturated carbocycles. The summed E-state index contributed by atoms with van der Waals surface area (Å²) >= 11 is 0. The normalized spacial score (nSPS) is 14.8. The average Bonchev–Trinajstić information content (AvgIpc) is 3.02. The molecule has 0 unspecified atom stereocenters. The maximum absolute atomic E-state index is 13.7. The van der Waals surface area contributed by atoms with Crippen molar-refractivity contribution in [2.24, 2.45) is 0 Å². The Morgan fingerprint density at radius 3 is 2.00 bits per heavy atom. The van der Waals surface area contributed by atoms with Crippen molar-refractivity contribution >= 4 is 19.1 Å². The van der Waals surface area contributed by atoms with E-state index < -0.39 is 8.09 Å². The maximum Gasteiger partial charge on any atom is 0.456 e. The minimum Gasteiger partial charge on any atom is -0.595 e. The number of hydrogen-bond donors (Lipinski definition) is 0. The lowest BCUT2D eigenvalue weighted by atomic mass is 10.0. The van der Waals surface area contributed by atoms with Gasteiger partial charge in [0.05, 0.1) is 0 Å². The van der Waals surface area contributed by atoms with Crippen molar-refractivity contribution < 1.29 is 13.9 Å². The van der Waals surface area contributed by atoms with E-state index in [0.29, 0.717) is 22.5 Å². The van der Waals surface area contributed by atoms with Crippen LogP contribution in [0.15, 0.2) is 72.8 Å². The Morgan fingerprint density at radius 2 is 1.32 bits per heavy atom. The van der Waals surface area contributed by atoms with Crippen LogP contribution in [0, 0.1) is 0 Å². The number of rotatable bonds is 1. The third-order valence-electron chi connectivity index (χ3n) is 4.06. The average molecular weight is 349 g/mol. The molecule has 2 heterocycles. The van der Waals surface area contributed by atoms with Gasteiger partial charge in [0, 0.05) is 11.1 Å². The summed E-state index contributed by atoms with van der Waals surface area (Å²) in [6, 6.07) is 22.1. The zero-order valence-corrected chi connectivity index (χ0v) is 13.8. The zero-order chi connectivity index (χ0) is 16.9. The molecule has 6 nitrogen and oxygen atoms in total. The molecule has 0 aliphatic carbocycles. The number of benzene rings is 3. The summed E-state index contributed by atoms with van der Waals surface area (Å²) in [4.78, 5) is 13.7. The largest absolute Gasteiger partial charge is 0.595 e. The van der Waals surface area contributed by atoms with Gasteiger partial charge in [-0.1, -0.05) is 48.5 Å². The Bertz CT molecular complexity index is 1050. The monoisotopic (exact) mass is 349 g/mol. The molecule has 1 aliphatic rings. The molecule has 0 N–H and O–H groups in total. The van der Waals surface area contributed by atoms with Gasteiger partial charge in [-0.3, -0.25) is 9.05 Å². The molecule has 0 amide bonds. The van der Waals surface area contributed by atoms with Crippen LogP contribution in [0.5, 0.6) is 11.5 Å². The standard InChI is InChI=1S/C18H12N3O3P/c22-25(21-16-10-4-3-9-15(16)19-20-21)23-17-11-5-1-7-13(17)14-8-2-6-12-18(14)24-25/h1-12H. The third kappa shape index (κ3) is 2.19. The predicted octanol–water partition coefficient (Wildman–Crippen LogP) is 3.46. The first-order chi connectivity index (χ1) is 12.2. The fraction of sp³-hybridized carbons (Fsp3) is 0. The van der Waals surface area contributed by atoms with Crippen molar-refractivity contribution in [1.29, 1.82) is 0 Å². The minimum atomic E-state index is -3.83. The highest BCUT2D eigenvalue weighted by molar-refractivity contribution is 7.58. The molecule has 1 aliphatic heterocycles. The van der Waals surface area contributed by atoms with Crippen molar-refractivity contribution in [3.8, 4) is 22.6 Å². The first-order valence-corrected chi connectivity index (χ1v) is 9.23. The van der Waals surface area contributed by atoms with Gasteiger partial charge in [0.15, 0.2) is 11.5 Å². The number of hydrogen-bond acceptors (Lipinski definition) is 5. The molecule has 0 saturated heterocycles. The van der Waals surface area contributed by atoms with E-state index in [4.69, 9.17) is 9.05 Å². The van der Waals surface area contributed by atoms with Crippen molar-refractivity contribution in [3.05, 3.63) is 72.8 Å². The molecule has 0 bridgehead atoms. The lowest BCUT2D eigenvalue weighted by molar-refractivity contribution is -0.206. The van der Waals surface area contributed by atoms with Gasteiger partial charge in [-0.25, -0.2) is 0 Å². The zero-order valence-electron chi connectivity index (χ0n) is 12.9. The SMILES string of the molecule is [O-][P+]1(n2nnc3ccccc32)Oc2ccccc2-c2ccccc2O1. The number of aromatic nitrogens is 3. The van der Waals surface area contributed by atoms with Crippen LogP contribution in [-0.4, -0.2) is 14.8 Å². The van der Waals surface area contributed by atoms with Crippen LogP contribution in [0.3, 0.4) is 0 Å². The molecule has 1 aromatic heterocycles. The molecule has 0 radical (unpaired) electrons. The second-order valence-electron chi connectivity index (χ2n) is 5.61. The molecular weight excluding hydrogens is 337 g/mol. The molecule has 0 fully saturated rings. The van der Waals surface area contributed by atoms with Gasteiger partial charge in [0.2, 0.25) is 0 Å². The molecule has 122 valence electrons. The van der Waals surface area contributed by atoms with E-state index in [1.807, 2.05) is 48.5 Å². The molecule has 7 heteroatoms. The quantitative estimate of drug-likeness (QED) is 0.492. The van der Waals surface area contributed by atoms with Gasteiger partial charge in [-0.2, -0.15) is 0 Å². The van der Waals surface area contributed by atoms with Crippen LogP contribution in [0.25, 0.3) is 22.2 Å². The molecule has 5 rings (SSSR count). The van der Waals surface area contributed by atoms with E-state index in [1.54, 1.807) is 24.3 Å². The summed E-state index contributed by atoms with van der Waals surface area (Å²) in [6.45, 7) is 0. The maximum atomic E-state index is 13.7. The molecule has 4 aromatic rings. The number of fused-ring (bicyclic) bond motifs is 4. The molecule has 0 spiro atoms. The summed E-state index contributed by atoms with van der Waals surface area (Å²) in [7, 11) is -3.83. The smallest absolute Gasteiger partial charge is 0.456 e. The fourth-order valence-electron chi connectivity index (χ4n) is 2.92. The van der Waals surface area contributed by atoms with Gasteiger partial charge in [-0.05, 0) is 33.9 Å². The van der Waals surface area contributed by atoms with Gasteiger partial charge >= 0.3 is 8.09 Å². The van der Waals surface area contributed by atoms with Crippen LogP contribution < -0.4 is 13.9 Å². The van der Waals surface area contributed by atoms with Gasteiger partial charge < -0.3 is 4.89 Å². The Kier molecular flexibility index (Phi) is 3.04. The molecule has 3 aromatic carbocycles. The Balaban J connectivity index is 1.76. The summed E-state index contributed by atoms with van der Waals surface area (Å²) in [5.74, 6) is 0.964. The Hall–Kier alpha value is -2.95. The van der Waals surface area contributed by atoms with Crippen LogP contribution in [0.4, 0.5) is 0 Å². The number of nitrogens with zero attached hydrogens (tertiary/aromatic N) is 3. The highest BCUT2D eigenvalue weighted by Crippen LogP contribution is 2.59. The Morgan fingerprint density at radius 1 is 0.760 bits per heavy atom. The molecule has 0 atom stereocenters. The topological polar surface area (TPSA) is 72.2 Å². The summed E-state index contributed by atoms with van der Waals surface area (Å²) < 4.78 is 13.0. The van der Waals surface area contributed by atoms with E-state index in [1.165, 1.54) is 4.45 Å². The number of para-hydroxylation sites is 3. The molecular formula is C18H12N3O3P. The lowest BCUT2D eigenvalue weighted by Crippen LogP contribution is -2.28. The summed E-state index contributed by atoms with van der Waals surface area (Å²) in [6.07, 6.45) is 0. The first-order valence-electron chi connectivity index (χ1n) is 7.74. The van der Waals surface area contributed by atoms with Crippen LogP contribution >= 0.6 is 8.09 Å². The van der Waals surface area contributed by atoms with Crippen molar-refractivity contribution in [2.45, 2.75) is 0 Å².